The summed E-state index contributed by atoms with van der Waals surface area (Å²) in [4.78, 5) is 0. The number of aliphatic hydroxyl groups excluding tert-OH is 1. The summed E-state index contributed by atoms with van der Waals surface area (Å²) in [6.45, 7) is 2.14. The van der Waals surface area contributed by atoms with Gasteiger partial charge in [0.2, 0.25) is 0 Å². The molecule has 66 valence electrons. The molecule has 0 bridgehead atoms. The molecule has 0 spiro atoms. The monoisotopic (exact) mass is 174 g/mol. The first-order valence-electron chi connectivity index (χ1n) is 4.58. The smallest absolute Gasteiger partial charge is 0.0630 e. The van der Waals surface area contributed by atoms with Gasteiger partial charge in [-0.25, -0.2) is 0 Å². The fourth-order valence-electron chi connectivity index (χ4n) is 1.17. The zero-order valence-corrected chi connectivity index (χ0v) is 8.07. The molecular weight excluding hydrogens is 156 g/mol. The lowest BCUT2D eigenvalue weighted by Crippen LogP contribution is -2.09. The minimum absolute atomic E-state index is 0.0412. The Morgan fingerprint density at radius 3 is 2.82 bits per heavy atom. The van der Waals surface area contributed by atoms with E-state index < -0.39 is 0 Å². The normalized spacial score (nSPS) is 20.2. The molecule has 0 aromatic carbocycles. The highest BCUT2D eigenvalue weighted by molar-refractivity contribution is 7.99. The van der Waals surface area contributed by atoms with Crippen LogP contribution in [0.15, 0.2) is 0 Å². The van der Waals surface area contributed by atoms with Crippen LogP contribution in [0.25, 0.3) is 0 Å². The van der Waals surface area contributed by atoms with E-state index in [4.69, 9.17) is 0 Å². The van der Waals surface area contributed by atoms with Crippen LogP contribution >= 0.6 is 11.8 Å². The predicted molar refractivity (Wildman–Crippen MR) is 51.0 cm³/mol. The Balaban J connectivity index is 1.87. The Morgan fingerprint density at radius 2 is 2.27 bits per heavy atom. The summed E-state index contributed by atoms with van der Waals surface area (Å²) >= 11 is 1.84. The molecule has 0 aromatic rings. The van der Waals surface area contributed by atoms with Crippen molar-refractivity contribution in [2.24, 2.45) is 5.92 Å². The van der Waals surface area contributed by atoms with Gasteiger partial charge in [-0.05, 0) is 24.5 Å². The van der Waals surface area contributed by atoms with Crippen LogP contribution in [0.1, 0.15) is 32.6 Å². The van der Waals surface area contributed by atoms with Crippen LogP contribution < -0.4 is 0 Å². The largest absolute Gasteiger partial charge is 0.392 e. The average molecular weight is 174 g/mol. The second kappa shape index (κ2) is 5.04. The summed E-state index contributed by atoms with van der Waals surface area (Å²) in [7, 11) is 0. The van der Waals surface area contributed by atoms with Crippen molar-refractivity contribution in [3.63, 3.8) is 0 Å². The van der Waals surface area contributed by atoms with Gasteiger partial charge in [0, 0.05) is 5.75 Å². The lowest BCUT2D eigenvalue weighted by atomic mass is 10.1. The molecule has 0 radical (unpaired) electrons. The van der Waals surface area contributed by atoms with Crippen molar-refractivity contribution in [2.45, 2.75) is 38.7 Å². The number of hydrogen-bond acceptors (Lipinski definition) is 2. The molecule has 1 N–H and O–H groups in total. The highest BCUT2D eigenvalue weighted by atomic mass is 32.2. The lowest BCUT2D eigenvalue weighted by Gasteiger charge is -2.07. The first-order chi connectivity index (χ1) is 5.33. The van der Waals surface area contributed by atoms with Gasteiger partial charge in [-0.3, -0.25) is 0 Å². The number of rotatable bonds is 6. The second-order valence-corrected chi connectivity index (χ2v) is 4.65. The van der Waals surface area contributed by atoms with Gasteiger partial charge in [-0.1, -0.05) is 19.8 Å². The van der Waals surface area contributed by atoms with Crippen LogP contribution in [0.2, 0.25) is 0 Å². The summed E-state index contributed by atoms with van der Waals surface area (Å²) in [5.41, 5.74) is 0. The van der Waals surface area contributed by atoms with Gasteiger partial charge in [0.15, 0.2) is 0 Å². The molecule has 0 heterocycles. The third-order valence-corrected chi connectivity index (χ3v) is 3.15. The van der Waals surface area contributed by atoms with E-state index in [0.717, 1.165) is 23.8 Å². The lowest BCUT2D eigenvalue weighted by molar-refractivity contribution is 0.184. The van der Waals surface area contributed by atoms with Crippen molar-refractivity contribution < 1.29 is 5.11 Å². The first kappa shape index (κ1) is 9.40. The fraction of sp³-hybridized carbons (Fsp3) is 1.00. The molecular formula is C9H18OS. The second-order valence-electron chi connectivity index (χ2n) is 3.33. The predicted octanol–water partition coefficient (Wildman–Crippen LogP) is 2.29. The van der Waals surface area contributed by atoms with Gasteiger partial charge in [-0.15, -0.1) is 0 Å². The van der Waals surface area contributed by atoms with Gasteiger partial charge < -0.3 is 5.11 Å². The molecule has 1 nitrogen and oxygen atoms in total. The van der Waals surface area contributed by atoms with Crippen LogP contribution in [0.4, 0.5) is 0 Å². The van der Waals surface area contributed by atoms with Gasteiger partial charge in [-0.2, -0.15) is 11.8 Å². The molecule has 1 saturated carbocycles. The molecule has 1 fully saturated rings. The molecule has 0 saturated heterocycles. The number of hydrogen-bond donors (Lipinski definition) is 1. The van der Waals surface area contributed by atoms with E-state index >= 15 is 0 Å². The molecule has 1 unspecified atom stereocenters. The third kappa shape index (κ3) is 4.70. The van der Waals surface area contributed by atoms with Crippen molar-refractivity contribution >= 4 is 11.8 Å². The SMILES string of the molecule is CCSCC(O)CCC1CC1. The van der Waals surface area contributed by atoms with Crippen molar-refractivity contribution in [1.29, 1.82) is 0 Å². The maximum absolute atomic E-state index is 9.44. The zero-order valence-electron chi connectivity index (χ0n) is 7.25. The van der Waals surface area contributed by atoms with E-state index in [2.05, 4.69) is 6.92 Å². The highest BCUT2D eigenvalue weighted by Gasteiger charge is 2.21. The standard InChI is InChI=1S/C9H18OS/c1-2-11-7-9(10)6-5-8-3-4-8/h8-10H,2-7H2,1H3. The Morgan fingerprint density at radius 1 is 1.55 bits per heavy atom. The van der Waals surface area contributed by atoms with E-state index in [-0.39, 0.29) is 6.10 Å². The van der Waals surface area contributed by atoms with E-state index in [9.17, 15) is 5.11 Å². The fourth-order valence-corrected chi connectivity index (χ4v) is 1.85. The summed E-state index contributed by atoms with van der Waals surface area (Å²) in [6, 6.07) is 0. The van der Waals surface area contributed by atoms with Crippen LogP contribution in [0, 0.1) is 5.92 Å². The molecule has 1 aliphatic carbocycles. The minimum atomic E-state index is -0.0412. The summed E-state index contributed by atoms with van der Waals surface area (Å²) in [5.74, 6) is 3.03. The summed E-state index contributed by atoms with van der Waals surface area (Å²) < 4.78 is 0. The molecule has 11 heavy (non-hydrogen) atoms. The van der Waals surface area contributed by atoms with Crippen molar-refractivity contribution in [3.05, 3.63) is 0 Å². The molecule has 2 heteroatoms. The highest BCUT2D eigenvalue weighted by Crippen LogP contribution is 2.34. The van der Waals surface area contributed by atoms with Crippen molar-refractivity contribution in [3.8, 4) is 0 Å². The van der Waals surface area contributed by atoms with E-state index in [1.165, 1.54) is 19.3 Å². The first-order valence-corrected chi connectivity index (χ1v) is 5.74. The third-order valence-electron chi connectivity index (χ3n) is 2.12. The van der Waals surface area contributed by atoms with Crippen LogP contribution in [0.3, 0.4) is 0 Å². The van der Waals surface area contributed by atoms with Gasteiger partial charge in [0.25, 0.3) is 0 Å². The Bertz CT molecular complexity index is 102. The molecule has 1 aliphatic rings. The van der Waals surface area contributed by atoms with E-state index in [0.29, 0.717) is 0 Å². The van der Waals surface area contributed by atoms with Crippen LogP contribution in [-0.4, -0.2) is 22.7 Å². The van der Waals surface area contributed by atoms with Crippen LogP contribution in [-0.2, 0) is 0 Å². The Labute approximate surface area is 73.6 Å². The quantitative estimate of drug-likeness (QED) is 0.666. The van der Waals surface area contributed by atoms with E-state index in [1.807, 2.05) is 11.8 Å². The summed E-state index contributed by atoms with van der Waals surface area (Å²) in [5, 5.41) is 9.44. The summed E-state index contributed by atoms with van der Waals surface area (Å²) in [6.07, 6.45) is 5.06. The van der Waals surface area contributed by atoms with Crippen molar-refractivity contribution in [1.82, 2.24) is 0 Å². The van der Waals surface area contributed by atoms with Crippen molar-refractivity contribution in [2.75, 3.05) is 11.5 Å². The van der Waals surface area contributed by atoms with Crippen LogP contribution in [0.5, 0.6) is 0 Å². The van der Waals surface area contributed by atoms with Gasteiger partial charge in [0.05, 0.1) is 6.10 Å². The molecule has 0 aromatic heterocycles. The van der Waals surface area contributed by atoms with Gasteiger partial charge >= 0.3 is 0 Å². The minimum Gasteiger partial charge on any atom is -0.392 e. The van der Waals surface area contributed by atoms with E-state index in [1.54, 1.807) is 0 Å². The molecule has 1 rings (SSSR count). The Kier molecular flexibility index (Phi) is 4.31. The number of aliphatic hydroxyl groups is 1. The molecule has 0 amide bonds. The van der Waals surface area contributed by atoms with Gasteiger partial charge in [0.1, 0.15) is 0 Å². The maximum Gasteiger partial charge on any atom is 0.0630 e. The number of thioether (sulfide) groups is 1. The maximum atomic E-state index is 9.44. The Hall–Kier alpha value is 0.310. The average Bonchev–Trinajstić information content (AvgIpc) is 2.80. The molecule has 0 aliphatic heterocycles. The topological polar surface area (TPSA) is 20.2 Å². The molecule has 1 atom stereocenters. The zero-order chi connectivity index (χ0) is 8.10.